The van der Waals surface area contributed by atoms with Gasteiger partial charge in [-0.2, -0.15) is 13.2 Å². The predicted molar refractivity (Wildman–Crippen MR) is 111 cm³/mol. The minimum atomic E-state index is -4.61. The number of anilines is 1. The van der Waals surface area contributed by atoms with E-state index in [4.69, 9.17) is 11.6 Å². The lowest BCUT2D eigenvalue weighted by Crippen LogP contribution is -2.47. The van der Waals surface area contributed by atoms with E-state index in [9.17, 15) is 26.7 Å². The molecule has 0 radical (unpaired) electrons. The van der Waals surface area contributed by atoms with Crippen molar-refractivity contribution in [2.75, 3.05) is 18.4 Å². The van der Waals surface area contributed by atoms with Crippen LogP contribution in [-0.4, -0.2) is 53.4 Å². The molecule has 1 aliphatic heterocycles. The summed E-state index contributed by atoms with van der Waals surface area (Å²) in [6.07, 6.45) is -5.41. The number of alkyl halides is 5. The number of nitrogens with zero attached hydrogens (tertiary/aromatic N) is 2. The lowest BCUT2D eigenvalue weighted by Gasteiger charge is -2.32. The number of halogens is 6. The van der Waals surface area contributed by atoms with Crippen molar-refractivity contribution in [3.8, 4) is 0 Å². The van der Waals surface area contributed by atoms with Gasteiger partial charge in [-0.25, -0.2) is 18.6 Å². The second-order valence-electron chi connectivity index (χ2n) is 8.31. The summed E-state index contributed by atoms with van der Waals surface area (Å²) in [6.45, 7) is -0.573. The molecule has 11 heteroatoms. The first-order chi connectivity index (χ1) is 15.1. The van der Waals surface area contributed by atoms with Crippen LogP contribution in [-0.2, 0) is 6.18 Å². The maximum absolute atomic E-state index is 13.4. The third-order valence-electron chi connectivity index (χ3n) is 5.89. The van der Waals surface area contributed by atoms with Crippen LogP contribution in [0.5, 0.6) is 0 Å². The van der Waals surface area contributed by atoms with Gasteiger partial charge in [0.05, 0.1) is 18.6 Å². The van der Waals surface area contributed by atoms with Crippen molar-refractivity contribution in [2.45, 2.75) is 56.3 Å². The standard InChI is InChI=1S/C21H22ClF5N4O/c22-11-4-5-17-14(6-11)18(8-19(30-17)21(25,26)27)28-12-2-1-3-13(7-12)29-20(32)31-9-15(23)16(24)10-31/h4-6,8,12-13,15-16H,1-3,7,9-10H2,(H,28,30)(H,29,32)/t12-,13+,15+,16+/m0/s1. The van der Waals surface area contributed by atoms with Gasteiger partial charge in [0.1, 0.15) is 5.69 Å². The number of carbonyl (C=O) groups excluding carboxylic acids is 1. The molecule has 1 aliphatic carbocycles. The number of fused-ring (bicyclic) bond motifs is 1. The molecule has 4 atom stereocenters. The minimum Gasteiger partial charge on any atom is -0.382 e. The van der Waals surface area contributed by atoms with E-state index in [0.29, 0.717) is 29.7 Å². The molecule has 1 aromatic carbocycles. The summed E-state index contributed by atoms with van der Waals surface area (Å²) < 4.78 is 66.8. The molecule has 0 bridgehead atoms. The Kier molecular flexibility index (Phi) is 6.33. The van der Waals surface area contributed by atoms with E-state index >= 15 is 0 Å². The number of nitrogens with one attached hydrogen (secondary N) is 2. The van der Waals surface area contributed by atoms with Crippen LogP contribution in [0.3, 0.4) is 0 Å². The van der Waals surface area contributed by atoms with Crippen LogP contribution in [0.4, 0.5) is 32.4 Å². The van der Waals surface area contributed by atoms with Crippen LogP contribution in [0.2, 0.25) is 5.02 Å². The first kappa shape index (κ1) is 22.8. The van der Waals surface area contributed by atoms with Crippen molar-refractivity contribution >= 4 is 34.2 Å². The molecule has 2 fully saturated rings. The number of likely N-dealkylation sites (tertiary alicyclic amines) is 1. The number of amides is 2. The van der Waals surface area contributed by atoms with Gasteiger partial charge in [0.2, 0.25) is 0 Å². The second kappa shape index (κ2) is 8.88. The van der Waals surface area contributed by atoms with Gasteiger partial charge >= 0.3 is 12.2 Å². The third-order valence-corrected chi connectivity index (χ3v) is 6.13. The predicted octanol–water partition coefficient (Wildman–Crippen LogP) is 5.33. The summed E-state index contributed by atoms with van der Waals surface area (Å²) in [6, 6.07) is 4.45. The molecule has 1 saturated carbocycles. The molecule has 2 aromatic rings. The van der Waals surface area contributed by atoms with E-state index in [2.05, 4.69) is 15.6 Å². The molecule has 32 heavy (non-hydrogen) atoms. The Hall–Kier alpha value is -2.36. The van der Waals surface area contributed by atoms with Crippen LogP contribution in [0.25, 0.3) is 10.9 Å². The van der Waals surface area contributed by atoms with Gasteiger partial charge < -0.3 is 15.5 Å². The van der Waals surface area contributed by atoms with E-state index < -0.39 is 30.2 Å². The normalized spacial score (nSPS) is 26.4. The number of carbonyl (C=O) groups is 1. The molecular weight excluding hydrogens is 455 g/mol. The lowest BCUT2D eigenvalue weighted by molar-refractivity contribution is -0.140. The average Bonchev–Trinajstić information content (AvgIpc) is 3.06. The van der Waals surface area contributed by atoms with Crippen molar-refractivity contribution in [3.63, 3.8) is 0 Å². The van der Waals surface area contributed by atoms with Crippen molar-refractivity contribution in [3.05, 3.63) is 35.0 Å². The molecule has 5 nitrogen and oxygen atoms in total. The Morgan fingerprint density at radius 3 is 2.47 bits per heavy atom. The number of pyridine rings is 1. The van der Waals surface area contributed by atoms with Crippen LogP contribution < -0.4 is 10.6 Å². The SMILES string of the molecule is O=C(N[C@@H]1CCC[C@H](Nc2cc(C(F)(F)F)nc3ccc(Cl)cc23)C1)N1C[C@@H](F)[C@H](F)C1. The quantitative estimate of drug-likeness (QED) is 0.589. The van der Waals surface area contributed by atoms with Crippen molar-refractivity contribution in [2.24, 2.45) is 0 Å². The molecular formula is C21H22ClF5N4O. The summed E-state index contributed by atoms with van der Waals surface area (Å²) in [5, 5.41) is 6.81. The highest BCUT2D eigenvalue weighted by Crippen LogP contribution is 2.35. The number of benzene rings is 1. The number of urea groups is 1. The second-order valence-corrected chi connectivity index (χ2v) is 8.74. The maximum atomic E-state index is 13.4. The number of hydrogen-bond acceptors (Lipinski definition) is 3. The van der Waals surface area contributed by atoms with Gasteiger partial charge in [0.25, 0.3) is 0 Å². The molecule has 0 unspecified atom stereocenters. The fraction of sp³-hybridized carbons (Fsp3) is 0.524. The summed E-state index contributed by atoms with van der Waals surface area (Å²) >= 11 is 6.04. The molecule has 2 aliphatic rings. The first-order valence-corrected chi connectivity index (χ1v) is 10.8. The zero-order valence-electron chi connectivity index (χ0n) is 16.9. The van der Waals surface area contributed by atoms with Crippen LogP contribution in [0.15, 0.2) is 24.3 Å². The zero-order valence-corrected chi connectivity index (χ0v) is 17.7. The lowest BCUT2D eigenvalue weighted by atomic mass is 9.90. The van der Waals surface area contributed by atoms with Gasteiger partial charge in [0.15, 0.2) is 12.3 Å². The summed E-state index contributed by atoms with van der Waals surface area (Å²) in [5.41, 5.74) is -0.573. The summed E-state index contributed by atoms with van der Waals surface area (Å²) in [7, 11) is 0. The molecule has 4 rings (SSSR count). The summed E-state index contributed by atoms with van der Waals surface area (Å²) in [5.74, 6) is 0. The average molecular weight is 477 g/mol. The van der Waals surface area contributed by atoms with E-state index in [1.807, 2.05) is 0 Å². The zero-order chi connectivity index (χ0) is 23.0. The van der Waals surface area contributed by atoms with Gasteiger partial charge in [-0.05, 0) is 49.9 Å². The topological polar surface area (TPSA) is 57.3 Å². The fourth-order valence-corrected chi connectivity index (χ4v) is 4.46. The summed E-state index contributed by atoms with van der Waals surface area (Å²) in [4.78, 5) is 17.2. The monoisotopic (exact) mass is 476 g/mol. The molecule has 1 saturated heterocycles. The van der Waals surface area contributed by atoms with Crippen LogP contribution in [0.1, 0.15) is 31.4 Å². The van der Waals surface area contributed by atoms with Crippen LogP contribution >= 0.6 is 11.6 Å². The Balaban J connectivity index is 1.49. The van der Waals surface area contributed by atoms with Crippen molar-refractivity contribution < 1.29 is 26.7 Å². The molecule has 1 aromatic heterocycles. The van der Waals surface area contributed by atoms with E-state index in [1.54, 1.807) is 6.07 Å². The van der Waals surface area contributed by atoms with Gasteiger partial charge in [-0.3, -0.25) is 0 Å². The minimum absolute atomic E-state index is 0.169. The molecule has 174 valence electrons. The van der Waals surface area contributed by atoms with Gasteiger partial charge in [0, 0.05) is 28.2 Å². The Labute approximate surface area is 186 Å². The number of aromatic nitrogens is 1. The fourth-order valence-electron chi connectivity index (χ4n) is 4.29. The Morgan fingerprint density at radius 1 is 1.09 bits per heavy atom. The highest BCUT2D eigenvalue weighted by atomic mass is 35.5. The highest BCUT2D eigenvalue weighted by Gasteiger charge is 2.37. The van der Waals surface area contributed by atoms with Crippen LogP contribution in [0, 0.1) is 0 Å². The third kappa shape index (κ3) is 5.00. The molecule has 2 N–H and O–H groups in total. The largest absolute Gasteiger partial charge is 0.433 e. The smallest absolute Gasteiger partial charge is 0.382 e. The first-order valence-electron chi connectivity index (χ1n) is 10.4. The number of rotatable bonds is 3. The Bertz CT molecular complexity index is 994. The van der Waals surface area contributed by atoms with Gasteiger partial charge in [-0.1, -0.05) is 11.6 Å². The van der Waals surface area contributed by atoms with Gasteiger partial charge in [-0.15, -0.1) is 0 Å². The highest BCUT2D eigenvalue weighted by molar-refractivity contribution is 6.31. The van der Waals surface area contributed by atoms with Crippen molar-refractivity contribution in [1.82, 2.24) is 15.2 Å². The number of hydrogen-bond donors (Lipinski definition) is 2. The van der Waals surface area contributed by atoms with E-state index in [1.165, 1.54) is 12.1 Å². The van der Waals surface area contributed by atoms with E-state index in [0.717, 1.165) is 17.4 Å². The molecule has 2 heterocycles. The molecule has 2 amide bonds. The van der Waals surface area contributed by atoms with Crippen molar-refractivity contribution in [1.29, 1.82) is 0 Å². The molecule has 0 spiro atoms. The Morgan fingerprint density at radius 2 is 1.78 bits per heavy atom. The maximum Gasteiger partial charge on any atom is 0.433 e. The van der Waals surface area contributed by atoms with E-state index in [-0.39, 0.29) is 36.4 Å².